The standard InChI is InChI=1S/C18H18N.Ir/c1-4-15-12-14-11-13(17-7-5-6-10-19-17)8-9-16(14)18(15,2)3;/h5-7,9-12H,4H2,1-3H3;/q-1;/i5D;. The molecule has 1 nitrogen and oxygen atoms in total. The van der Waals surface area contributed by atoms with Crippen molar-refractivity contribution in [2.45, 2.75) is 32.6 Å². The minimum Gasteiger partial charge on any atom is -0.305 e. The summed E-state index contributed by atoms with van der Waals surface area (Å²) < 4.78 is 7.70. The van der Waals surface area contributed by atoms with E-state index in [0.29, 0.717) is 6.04 Å². The Morgan fingerprint density at radius 1 is 1.40 bits per heavy atom. The number of nitrogens with zero attached hydrogens (tertiary/aromatic N) is 1. The normalized spacial score (nSPS) is 15.9. The van der Waals surface area contributed by atoms with Gasteiger partial charge in [-0.3, -0.25) is 0 Å². The Balaban J connectivity index is 0.00000161. The predicted octanol–water partition coefficient (Wildman–Crippen LogP) is 4.63. The van der Waals surface area contributed by atoms with Crippen LogP contribution in [0.1, 0.15) is 39.7 Å². The molecule has 0 unspecified atom stereocenters. The van der Waals surface area contributed by atoms with Crippen LogP contribution >= 0.6 is 0 Å². The van der Waals surface area contributed by atoms with Crippen LogP contribution in [0.4, 0.5) is 0 Å². The fourth-order valence-corrected chi connectivity index (χ4v) is 2.87. The van der Waals surface area contributed by atoms with Crippen LogP contribution in [-0.4, -0.2) is 4.98 Å². The largest absolute Gasteiger partial charge is 0.305 e. The first-order valence-corrected chi connectivity index (χ1v) is 6.72. The van der Waals surface area contributed by atoms with Crippen LogP contribution in [0.5, 0.6) is 0 Å². The van der Waals surface area contributed by atoms with Crippen molar-refractivity contribution in [2.24, 2.45) is 0 Å². The van der Waals surface area contributed by atoms with Gasteiger partial charge in [0, 0.05) is 26.3 Å². The summed E-state index contributed by atoms with van der Waals surface area (Å²) in [6.07, 6.45) is 5.03. The molecule has 3 rings (SSSR count). The number of allylic oxidation sites excluding steroid dienone is 1. The van der Waals surface area contributed by atoms with Crippen LogP contribution in [0.25, 0.3) is 17.3 Å². The van der Waals surface area contributed by atoms with Gasteiger partial charge < -0.3 is 4.98 Å². The molecule has 2 heteroatoms. The molecular weight excluding hydrogens is 422 g/mol. The van der Waals surface area contributed by atoms with E-state index in [-0.39, 0.29) is 25.5 Å². The second-order valence-corrected chi connectivity index (χ2v) is 5.50. The minimum absolute atomic E-state index is 0. The van der Waals surface area contributed by atoms with Crippen molar-refractivity contribution < 1.29 is 21.5 Å². The van der Waals surface area contributed by atoms with Gasteiger partial charge in [-0.15, -0.1) is 34.9 Å². The molecule has 1 aromatic carbocycles. The number of aromatic nitrogens is 1. The van der Waals surface area contributed by atoms with Crippen LogP contribution in [0.15, 0.2) is 42.1 Å². The van der Waals surface area contributed by atoms with Gasteiger partial charge in [0.1, 0.15) is 0 Å². The Morgan fingerprint density at radius 3 is 2.90 bits per heavy atom. The molecule has 1 aromatic heterocycles. The quantitative estimate of drug-likeness (QED) is 0.620. The van der Waals surface area contributed by atoms with E-state index in [4.69, 9.17) is 1.37 Å². The first kappa shape index (κ1) is 13.7. The molecule has 105 valence electrons. The maximum atomic E-state index is 7.70. The third-order valence-electron chi connectivity index (χ3n) is 4.05. The summed E-state index contributed by atoms with van der Waals surface area (Å²) in [5, 5.41) is 0. The number of benzene rings is 1. The summed E-state index contributed by atoms with van der Waals surface area (Å²) in [4.78, 5) is 4.34. The van der Waals surface area contributed by atoms with Crippen LogP contribution in [0.2, 0.25) is 0 Å². The van der Waals surface area contributed by atoms with Crippen molar-refractivity contribution in [3.63, 3.8) is 0 Å². The molecule has 0 aliphatic heterocycles. The van der Waals surface area contributed by atoms with E-state index < -0.39 is 0 Å². The van der Waals surface area contributed by atoms with E-state index in [1.165, 1.54) is 16.7 Å². The van der Waals surface area contributed by atoms with Crippen molar-refractivity contribution in [3.8, 4) is 11.3 Å². The fraction of sp³-hybridized carbons (Fsp3) is 0.278. The van der Waals surface area contributed by atoms with E-state index in [0.717, 1.165) is 17.7 Å². The number of pyridine rings is 1. The maximum Gasteiger partial charge on any atom is 0.0616 e. The number of rotatable bonds is 2. The van der Waals surface area contributed by atoms with Gasteiger partial charge in [-0.05, 0) is 23.6 Å². The zero-order valence-electron chi connectivity index (χ0n) is 13.0. The third-order valence-corrected chi connectivity index (χ3v) is 4.05. The molecule has 1 radical (unpaired) electrons. The van der Waals surface area contributed by atoms with Crippen molar-refractivity contribution in [1.82, 2.24) is 4.98 Å². The Hall–Kier alpha value is -1.24. The molecule has 1 aliphatic rings. The Kier molecular flexibility index (Phi) is 3.87. The predicted molar refractivity (Wildman–Crippen MR) is 79.8 cm³/mol. The molecule has 0 amide bonds. The Morgan fingerprint density at radius 2 is 2.20 bits per heavy atom. The molecular formula is C18H18IrN-. The second kappa shape index (κ2) is 5.63. The molecule has 0 saturated heterocycles. The molecule has 1 aliphatic carbocycles. The zero-order chi connectivity index (χ0) is 14.3. The second-order valence-electron chi connectivity index (χ2n) is 5.50. The molecule has 2 aromatic rings. The van der Waals surface area contributed by atoms with E-state index in [1.54, 1.807) is 18.3 Å². The summed E-state index contributed by atoms with van der Waals surface area (Å²) in [5.41, 5.74) is 5.93. The minimum atomic E-state index is 0. The first-order valence-electron chi connectivity index (χ1n) is 7.22. The van der Waals surface area contributed by atoms with Gasteiger partial charge in [0.15, 0.2) is 0 Å². The van der Waals surface area contributed by atoms with Gasteiger partial charge in [-0.2, -0.15) is 0 Å². The van der Waals surface area contributed by atoms with Gasteiger partial charge in [-0.25, -0.2) is 0 Å². The van der Waals surface area contributed by atoms with Crippen LogP contribution in [0, 0.1) is 6.07 Å². The molecule has 20 heavy (non-hydrogen) atoms. The smallest absolute Gasteiger partial charge is 0.0616 e. The van der Waals surface area contributed by atoms with E-state index in [2.05, 4.69) is 50.0 Å². The summed E-state index contributed by atoms with van der Waals surface area (Å²) in [5.74, 6) is 0. The average Bonchev–Trinajstić information content (AvgIpc) is 2.69. The topological polar surface area (TPSA) is 12.9 Å². The van der Waals surface area contributed by atoms with E-state index in [9.17, 15) is 0 Å². The molecule has 0 N–H and O–H groups in total. The molecule has 0 saturated carbocycles. The van der Waals surface area contributed by atoms with Gasteiger partial charge in [0.2, 0.25) is 0 Å². The molecule has 0 fully saturated rings. The molecule has 1 heterocycles. The number of hydrogen-bond donors (Lipinski definition) is 0. The SMILES string of the molecule is [2H]c1ccnc(-c2[c-]cc3c(c2)C=C(CC)C3(C)C)c1.[Ir]. The van der Waals surface area contributed by atoms with Crippen molar-refractivity contribution in [3.05, 3.63) is 59.3 Å². The maximum absolute atomic E-state index is 7.70. The number of hydrogen-bond acceptors (Lipinski definition) is 1. The summed E-state index contributed by atoms with van der Waals surface area (Å²) in [6, 6.07) is 11.5. The average molecular weight is 442 g/mol. The molecule has 0 spiro atoms. The van der Waals surface area contributed by atoms with Gasteiger partial charge in [0.25, 0.3) is 0 Å². The monoisotopic (exact) mass is 442 g/mol. The van der Waals surface area contributed by atoms with Crippen molar-refractivity contribution >= 4 is 6.08 Å². The first-order chi connectivity index (χ1) is 9.52. The Labute approximate surface area is 135 Å². The van der Waals surface area contributed by atoms with E-state index >= 15 is 0 Å². The van der Waals surface area contributed by atoms with Gasteiger partial charge >= 0.3 is 0 Å². The summed E-state index contributed by atoms with van der Waals surface area (Å²) in [7, 11) is 0. The van der Waals surface area contributed by atoms with Crippen molar-refractivity contribution in [1.29, 1.82) is 0 Å². The van der Waals surface area contributed by atoms with Crippen LogP contribution in [-0.2, 0) is 25.5 Å². The Bertz CT molecular complexity index is 704. The number of fused-ring (bicyclic) bond motifs is 1. The van der Waals surface area contributed by atoms with Crippen LogP contribution in [0.3, 0.4) is 0 Å². The van der Waals surface area contributed by atoms with Crippen molar-refractivity contribution in [2.75, 3.05) is 0 Å². The third kappa shape index (κ3) is 2.39. The van der Waals surface area contributed by atoms with Gasteiger partial charge in [-0.1, -0.05) is 44.5 Å². The van der Waals surface area contributed by atoms with E-state index in [1.807, 2.05) is 0 Å². The molecule has 0 atom stereocenters. The summed E-state index contributed by atoms with van der Waals surface area (Å²) in [6.45, 7) is 6.74. The molecule has 0 bridgehead atoms. The van der Waals surface area contributed by atoms with Crippen LogP contribution < -0.4 is 0 Å². The zero-order valence-corrected chi connectivity index (χ0v) is 14.3. The fourth-order valence-electron chi connectivity index (χ4n) is 2.87. The van der Waals surface area contributed by atoms with Gasteiger partial charge in [0.05, 0.1) is 1.37 Å². The summed E-state index contributed by atoms with van der Waals surface area (Å²) >= 11 is 0.